The van der Waals surface area contributed by atoms with Gasteiger partial charge in [-0.05, 0) is 42.7 Å². The number of hydrogen-bond donors (Lipinski definition) is 3. The third-order valence-electron chi connectivity index (χ3n) is 6.22. The lowest BCUT2D eigenvalue weighted by Gasteiger charge is -2.28. The van der Waals surface area contributed by atoms with Gasteiger partial charge in [0.1, 0.15) is 0 Å². The van der Waals surface area contributed by atoms with E-state index in [1.165, 1.54) is 4.90 Å². The molecule has 2 amide bonds. The summed E-state index contributed by atoms with van der Waals surface area (Å²) in [7, 11) is 0. The van der Waals surface area contributed by atoms with Crippen molar-refractivity contribution in [2.75, 3.05) is 6.54 Å². The topological polar surface area (TPSA) is 127 Å². The zero-order valence-electron chi connectivity index (χ0n) is 19.3. The first-order valence-corrected chi connectivity index (χ1v) is 11.9. The zero-order valence-corrected chi connectivity index (χ0v) is 20.1. The molecule has 1 unspecified atom stereocenters. The Morgan fingerprint density at radius 2 is 1.94 bits per heavy atom. The molecule has 0 radical (unpaired) electrons. The van der Waals surface area contributed by atoms with Gasteiger partial charge in [-0.3, -0.25) is 14.6 Å². The van der Waals surface area contributed by atoms with E-state index >= 15 is 0 Å². The van der Waals surface area contributed by atoms with Crippen LogP contribution in [0.2, 0.25) is 5.02 Å². The van der Waals surface area contributed by atoms with Gasteiger partial charge in [0.2, 0.25) is 0 Å². The van der Waals surface area contributed by atoms with E-state index in [0.29, 0.717) is 29.2 Å². The molecule has 0 bridgehead atoms. The van der Waals surface area contributed by atoms with Crippen LogP contribution < -0.4 is 5.32 Å². The first kappa shape index (κ1) is 25.3. The smallest absolute Gasteiger partial charge is 0.255 e. The van der Waals surface area contributed by atoms with E-state index in [0.717, 1.165) is 23.1 Å². The number of halogens is 1. The molecule has 0 saturated carbocycles. The highest BCUT2D eigenvalue weighted by Crippen LogP contribution is 2.33. The number of aliphatic hydroxyl groups excluding tert-OH is 2. The fraction of sp³-hybridized carbons (Fsp3) is 0.259. The quantitative estimate of drug-likeness (QED) is 0.454. The van der Waals surface area contributed by atoms with E-state index in [-0.39, 0.29) is 12.6 Å². The Hall–Kier alpha value is -3.77. The van der Waals surface area contributed by atoms with Crippen LogP contribution in [-0.4, -0.2) is 50.7 Å². The van der Waals surface area contributed by atoms with Gasteiger partial charge in [0, 0.05) is 28.9 Å². The number of aromatic nitrogens is 1. The molecule has 184 valence electrons. The maximum absolute atomic E-state index is 12.9. The predicted octanol–water partition coefficient (Wildman–Crippen LogP) is 2.98. The van der Waals surface area contributed by atoms with Crippen LogP contribution in [0.1, 0.15) is 35.7 Å². The summed E-state index contributed by atoms with van der Waals surface area (Å²) < 4.78 is 0. The number of nitrogens with zero attached hydrogens (tertiary/aromatic N) is 3. The molecular formula is C27H25ClN4O4. The molecule has 4 rings (SSSR count). The van der Waals surface area contributed by atoms with Gasteiger partial charge in [0.25, 0.3) is 11.8 Å². The molecular weight excluding hydrogens is 480 g/mol. The monoisotopic (exact) mass is 504 g/mol. The molecule has 3 N–H and O–H groups in total. The molecule has 1 aliphatic rings. The van der Waals surface area contributed by atoms with Crippen LogP contribution in [0.25, 0.3) is 11.1 Å². The average Bonchev–Trinajstić information content (AvgIpc) is 3.41. The third-order valence-corrected chi connectivity index (χ3v) is 6.45. The lowest BCUT2D eigenvalue weighted by Crippen LogP contribution is -2.50. The molecule has 3 aromatic rings. The van der Waals surface area contributed by atoms with Crippen molar-refractivity contribution in [2.24, 2.45) is 0 Å². The van der Waals surface area contributed by atoms with Crippen molar-refractivity contribution >= 4 is 23.4 Å². The number of nitrogens with one attached hydrogen (secondary N) is 1. The fourth-order valence-corrected chi connectivity index (χ4v) is 4.54. The highest BCUT2D eigenvalue weighted by atomic mass is 35.5. The van der Waals surface area contributed by atoms with Gasteiger partial charge in [0.15, 0.2) is 12.2 Å². The van der Waals surface area contributed by atoms with E-state index < -0.39 is 24.0 Å². The summed E-state index contributed by atoms with van der Waals surface area (Å²) in [6.07, 6.45) is -0.807. The van der Waals surface area contributed by atoms with Crippen LogP contribution in [0, 0.1) is 11.3 Å². The second-order valence-electron chi connectivity index (χ2n) is 8.55. The van der Waals surface area contributed by atoms with E-state index in [9.17, 15) is 25.1 Å². The number of hydrogen-bond acceptors (Lipinski definition) is 6. The molecule has 1 fully saturated rings. The minimum Gasteiger partial charge on any atom is -0.380 e. The number of likely N-dealkylation sites (tertiary alicyclic amines) is 1. The number of aliphatic hydroxyl groups is 2. The fourth-order valence-electron chi connectivity index (χ4n) is 4.34. The van der Waals surface area contributed by atoms with E-state index in [1.54, 1.807) is 48.7 Å². The zero-order chi connectivity index (χ0) is 25.7. The molecule has 0 aliphatic carbocycles. The molecule has 1 aliphatic heterocycles. The largest absolute Gasteiger partial charge is 0.380 e. The van der Waals surface area contributed by atoms with Gasteiger partial charge in [-0.1, -0.05) is 48.0 Å². The number of benzene rings is 2. The highest BCUT2D eigenvalue weighted by Gasteiger charge is 2.38. The number of amides is 2. The molecule has 1 aromatic heterocycles. The SMILES string of the molecule is N#Cc1ccccc1-c1ccc(CNC(=O)C(O)[C@@H](O)C(=O)N2CCC[C@@H]2c2cccc(Cl)c2)nc1. The van der Waals surface area contributed by atoms with Crippen molar-refractivity contribution in [3.8, 4) is 17.2 Å². The molecule has 8 nitrogen and oxygen atoms in total. The molecule has 0 spiro atoms. The number of pyridine rings is 1. The first-order valence-electron chi connectivity index (χ1n) is 11.5. The summed E-state index contributed by atoms with van der Waals surface area (Å²) in [5.74, 6) is -1.59. The van der Waals surface area contributed by atoms with Gasteiger partial charge in [0.05, 0.1) is 29.9 Å². The van der Waals surface area contributed by atoms with Crippen molar-refractivity contribution in [3.05, 3.63) is 88.7 Å². The summed E-state index contributed by atoms with van der Waals surface area (Å²) in [5.41, 5.74) is 3.38. The highest BCUT2D eigenvalue weighted by molar-refractivity contribution is 6.30. The van der Waals surface area contributed by atoms with Crippen LogP contribution in [0.3, 0.4) is 0 Å². The normalized spacial score (nSPS) is 16.7. The van der Waals surface area contributed by atoms with Crippen LogP contribution in [0.5, 0.6) is 0 Å². The van der Waals surface area contributed by atoms with E-state index in [2.05, 4.69) is 16.4 Å². The van der Waals surface area contributed by atoms with Gasteiger partial charge in [-0.25, -0.2) is 0 Å². The van der Waals surface area contributed by atoms with Crippen molar-refractivity contribution in [1.29, 1.82) is 5.26 Å². The first-order chi connectivity index (χ1) is 17.4. The standard InChI is InChI=1S/C27H25ClN4O4/c28-20-7-3-6-17(13-20)23-9-4-12-32(23)27(36)25(34)24(33)26(35)31-16-21-11-10-19(15-30-21)22-8-2-1-5-18(22)14-29/h1-3,5-8,10-11,13,15,23-25,33-34H,4,9,12,16H2,(H,31,35)/t23-,24?,25-/m1/s1. The molecule has 1 saturated heterocycles. The van der Waals surface area contributed by atoms with Gasteiger partial charge in [-0.15, -0.1) is 0 Å². The van der Waals surface area contributed by atoms with Crippen LogP contribution >= 0.6 is 11.6 Å². The number of carbonyl (C=O) groups excluding carboxylic acids is 2. The number of nitriles is 1. The second kappa shape index (κ2) is 11.3. The number of rotatable bonds is 7. The predicted molar refractivity (Wildman–Crippen MR) is 133 cm³/mol. The lowest BCUT2D eigenvalue weighted by atomic mass is 10.0. The van der Waals surface area contributed by atoms with Crippen molar-refractivity contribution in [1.82, 2.24) is 15.2 Å². The third kappa shape index (κ3) is 5.55. The van der Waals surface area contributed by atoms with E-state index in [1.807, 2.05) is 18.2 Å². The minimum atomic E-state index is -1.93. The average molecular weight is 505 g/mol. The Morgan fingerprint density at radius 3 is 2.67 bits per heavy atom. The summed E-state index contributed by atoms with van der Waals surface area (Å²) in [4.78, 5) is 31.2. The maximum atomic E-state index is 12.9. The van der Waals surface area contributed by atoms with Crippen LogP contribution in [-0.2, 0) is 16.1 Å². The second-order valence-corrected chi connectivity index (χ2v) is 8.98. The Kier molecular flexibility index (Phi) is 7.96. The molecule has 2 heterocycles. The summed E-state index contributed by atoms with van der Waals surface area (Å²) in [5, 5.41) is 33.2. The summed E-state index contributed by atoms with van der Waals surface area (Å²) in [6.45, 7) is 0.401. The molecule has 36 heavy (non-hydrogen) atoms. The van der Waals surface area contributed by atoms with Crippen LogP contribution in [0.15, 0.2) is 66.9 Å². The summed E-state index contributed by atoms with van der Waals surface area (Å²) in [6, 6.07) is 19.6. The molecule has 2 aromatic carbocycles. The molecule has 9 heteroatoms. The van der Waals surface area contributed by atoms with Gasteiger partial charge in [-0.2, -0.15) is 5.26 Å². The van der Waals surface area contributed by atoms with Gasteiger partial charge < -0.3 is 20.4 Å². The summed E-state index contributed by atoms with van der Waals surface area (Å²) >= 11 is 6.08. The van der Waals surface area contributed by atoms with E-state index in [4.69, 9.17) is 11.6 Å². The van der Waals surface area contributed by atoms with Crippen molar-refractivity contribution in [3.63, 3.8) is 0 Å². The molecule has 3 atom stereocenters. The van der Waals surface area contributed by atoms with Crippen molar-refractivity contribution in [2.45, 2.75) is 37.6 Å². The Labute approximate surface area is 213 Å². The van der Waals surface area contributed by atoms with Gasteiger partial charge >= 0.3 is 0 Å². The Bertz CT molecular complexity index is 1290. The Balaban J connectivity index is 1.35. The van der Waals surface area contributed by atoms with Crippen LogP contribution in [0.4, 0.5) is 0 Å². The Morgan fingerprint density at radius 1 is 1.14 bits per heavy atom. The van der Waals surface area contributed by atoms with Crippen molar-refractivity contribution < 1.29 is 19.8 Å². The maximum Gasteiger partial charge on any atom is 0.255 e. The minimum absolute atomic E-state index is 0.00810. The number of carbonyl (C=O) groups is 2. The lowest BCUT2D eigenvalue weighted by molar-refractivity contribution is -0.153.